The van der Waals surface area contributed by atoms with Gasteiger partial charge in [0.15, 0.2) is 0 Å². The van der Waals surface area contributed by atoms with Gasteiger partial charge in [0.1, 0.15) is 17.9 Å². The molecule has 0 bridgehead atoms. The molecule has 0 atom stereocenters. The third-order valence-electron chi connectivity index (χ3n) is 4.01. The van der Waals surface area contributed by atoms with Crippen molar-refractivity contribution in [3.63, 3.8) is 0 Å². The molecule has 1 saturated heterocycles. The molecule has 2 aromatic rings. The van der Waals surface area contributed by atoms with Gasteiger partial charge in [-0.1, -0.05) is 0 Å². The van der Waals surface area contributed by atoms with Crippen LogP contribution in [0.15, 0.2) is 24.5 Å². The van der Waals surface area contributed by atoms with E-state index in [9.17, 15) is 10.1 Å². The molecule has 0 radical (unpaired) electrons. The Hall–Kier alpha value is -2.48. The maximum atomic E-state index is 11.1. The van der Waals surface area contributed by atoms with Gasteiger partial charge in [0.2, 0.25) is 0 Å². The van der Waals surface area contributed by atoms with Gasteiger partial charge in [-0.15, -0.1) is 10.2 Å². The van der Waals surface area contributed by atoms with Crippen molar-refractivity contribution in [2.75, 3.05) is 20.3 Å². The van der Waals surface area contributed by atoms with Crippen LogP contribution < -0.4 is 4.74 Å². The average molecular weight is 304 g/mol. The van der Waals surface area contributed by atoms with Gasteiger partial charge in [0.25, 0.3) is 5.69 Å². The van der Waals surface area contributed by atoms with Crippen LogP contribution in [-0.2, 0) is 23.6 Å². The normalized spacial score (nSPS) is 16.1. The Bertz CT molecular complexity index is 709. The summed E-state index contributed by atoms with van der Waals surface area (Å²) in [6.45, 7) is 0.981. The van der Waals surface area contributed by atoms with E-state index in [2.05, 4.69) is 10.2 Å². The van der Waals surface area contributed by atoms with Crippen LogP contribution in [0.2, 0.25) is 0 Å². The molecular formula is C14H16N4O4. The molecule has 1 aliphatic rings. The van der Waals surface area contributed by atoms with Crippen LogP contribution in [0, 0.1) is 10.1 Å². The molecule has 0 saturated carbocycles. The number of rotatable bonds is 5. The smallest absolute Gasteiger partial charge is 0.273 e. The Kier molecular flexibility index (Phi) is 3.53. The molecule has 1 aromatic carbocycles. The van der Waals surface area contributed by atoms with Crippen molar-refractivity contribution in [1.82, 2.24) is 14.8 Å². The average Bonchev–Trinajstić information content (AvgIpc) is 2.87. The quantitative estimate of drug-likeness (QED) is 0.609. The summed E-state index contributed by atoms with van der Waals surface area (Å²) in [5.41, 5.74) is 0.506. The van der Waals surface area contributed by atoms with Crippen LogP contribution in [0.4, 0.5) is 5.69 Å². The van der Waals surface area contributed by atoms with Crippen LogP contribution in [0.25, 0.3) is 0 Å². The summed E-state index contributed by atoms with van der Waals surface area (Å²) < 4.78 is 12.4. The summed E-state index contributed by atoms with van der Waals surface area (Å²) in [5, 5.41) is 19.1. The number of non-ortho nitro benzene ring substituents is 1. The first kappa shape index (κ1) is 14.5. The standard InChI is InChI=1S/C14H16N4O4/c1-17-9-15-16-13(17)6-14(7-22-8-14)10-3-11(18(19)20)5-12(4-10)21-2/h3-5,9H,6-8H2,1-2H3. The van der Waals surface area contributed by atoms with Crippen LogP contribution in [0.5, 0.6) is 5.75 Å². The topological polar surface area (TPSA) is 92.3 Å². The van der Waals surface area contributed by atoms with Gasteiger partial charge in [0.05, 0.1) is 31.3 Å². The number of hydrogen-bond donors (Lipinski definition) is 0. The number of aromatic nitrogens is 3. The van der Waals surface area contributed by atoms with E-state index < -0.39 is 4.92 Å². The van der Waals surface area contributed by atoms with E-state index >= 15 is 0 Å². The molecule has 22 heavy (non-hydrogen) atoms. The second-order valence-electron chi connectivity index (χ2n) is 5.48. The molecule has 8 heteroatoms. The van der Waals surface area contributed by atoms with Gasteiger partial charge in [-0.05, 0) is 11.6 Å². The Morgan fingerprint density at radius 3 is 2.73 bits per heavy atom. The number of hydrogen-bond acceptors (Lipinski definition) is 6. The second kappa shape index (κ2) is 5.38. The summed E-state index contributed by atoms with van der Waals surface area (Å²) in [6, 6.07) is 4.83. The number of nitro groups is 1. The lowest BCUT2D eigenvalue weighted by atomic mass is 9.75. The number of nitro benzene ring substituents is 1. The monoisotopic (exact) mass is 304 g/mol. The molecule has 0 amide bonds. The minimum Gasteiger partial charge on any atom is -0.496 e. The first-order chi connectivity index (χ1) is 10.5. The van der Waals surface area contributed by atoms with Crippen LogP contribution in [0.1, 0.15) is 11.4 Å². The van der Waals surface area contributed by atoms with Gasteiger partial charge >= 0.3 is 0 Å². The lowest BCUT2D eigenvalue weighted by Crippen LogP contribution is -2.49. The Balaban J connectivity index is 2.01. The summed E-state index contributed by atoms with van der Waals surface area (Å²) >= 11 is 0. The molecule has 116 valence electrons. The van der Waals surface area contributed by atoms with Crippen molar-refractivity contribution >= 4 is 5.69 Å². The molecule has 0 spiro atoms. The second-order valence-corrected chi connectivity index (χ2v) is 5.48. The molecule has 1 aliphatic heterocycles. The third kappa shape index (κ3) is 2.41. The summed E-state index contributed by atoms with van der Waals surface area (Å²) in [5.74, 6) is 1.28. The van der Waals surface area contributed by atoms with E-state index in [-0.39, 0.29) is 11.1 Å². The number of nitrogens with zero attached hydrogens (tertiary/aromatic N) is 4. The van der Waals surface area contributed by atoms with E-state index in [1.54, 1.807) is 12.4 Å². The van der Waals surface area contributed by atoms with Crippen LogP contribution in [-0.4, -0.2) is 40.0 Å². The highest BCUT2D eigenvalue weighted by atomic mass is 16.6. The van der Waals surface area contributed by atoms with Crippen molar-refractivity contribution in [2.24, 2.45) is 7.05 Å². The lowest BCUT2D eigenvalue weighted by molar-refractivity contribution is -0.385. The first-order valence-electron chi connectivity index (χ1n) is 6.79. The van der Waals surface area contributed by atoms with Crippen molar-refractivity contribution < 1.29 is 14.4 Å². The first-order valence-corrected chi connectivity index (χ1v) is 6.79. The maximum Gasteiger partial charge on any atom is 0.273 e. The SMILES string of the molecule is COc1cc([N+](=O)[O-])cc(C2(Cc3nncn3C)COC2)c1. The molecular weight excluding hydrogens is 288 g/mol. The third-order valence-corrected chi connectivity index (χ3v) is 4.01. The molecule has 1 aromatic heterocycles. The minimum atomic E-state index is -0.415. The highest BCUT2D eigenvalue weighted by Gasteiger charge is 2.42. The molecule has 1 fully saturated rings. The summed E-state index contributed by atoms with van der Waals surface area (Å²) in [6.07, 6.45) is 2.24. The van der Waals surface area contributed by atoms with Crippen LogP contribution >= 0.6 is 0 Å². The van der Waals surface area contributed by atoms with E-state index in [4.69, 9.17) is 9.47 Å². The van der Waals surface area contributed by atoms with E-state index in [1.165, 1.54) is 13.2 Å². The fourth-order valence-corrected chi connectivity index (χ4v) is 2.60. The zero-order valence-electron chi connectivity index (χ0n) is 12.4. The van der Waals surface area contributed by atoms with Crippen molar-refractivity contribution in [3.05, 3.63) is 46.0 Å². The lowest BCUT2D eigenvalue weighted by Gasteiger charge is -2.41. The predicted molar refractivity (Wildman–Crippen MR) is 76.9 cm³/mol. The number of benzene rings is 1. The highest BCUT2D eigenvalue weighted by Crippen LogP contribution is 2.38. The van der Waals surface area contributed by atoms with Crippen LogP contribution in [0.3, 0.4) is 0 Å². The van der Waals surface area contributed by atoms with Crippen molar-refractivity contribution in [1.29, 1.82) is 0 Å². The van der Waals surface area contributed by atoms with Gasteiger partial charge in [-0.2, -0.15) is 0 Å². The minimum absolute atomic E-state index is 0.0126. The molecule has 3 rings (SSSR count). The maximum absolute atomic E-state index is 11.1. The van der Waals surface area contributed by atoms with Gasteiger partial charge in [0, 0.05) is 24.9 Å². The number of ether oxygens (including phenoxy) is 2. The molecule has 0 N–H and O–H groups in total. The number of methoxy groups -OCH3 is 1. The van der Waals surface area contributed by atoms with E-state index in [0.29, 0.717) is 25.4 Å². The molecule has 2 heterocycles. The van der Waals surface area contributed by atoms with Crippen molar-refractivity contribution in [2.45, 2.75) is 11.8 Å². The summed E-state index contributed by atoms with van der Waals surface area (Å²) in [7, 11) is 3.37. The summed E-state index contributed by atoms with van der Waals surface area (Å²) in [4.78, 5) is 10.7. The molecule has 0 unspecified atom stereocenters. The fourth-order valence-electron chi connectivity index (χ4n) is 2.60. The van der Waals surface area contributed by atoms with E-state index in [1.807, 2.05) is 17.7 Å². The molecule has 0 aliphatic carbocycles. The number of aryl methyl sites for hydroxylation is 1. The highest BCUT2D eigenvalue weighted by molar-refractivity contribution is 5.46. The van der Waals surface area contributed by atoms with Gasteiger partial charge < -0.3 is 14.0 Å². The molecule has 8 nitrogen and oxygen atoms in total. The van der Waals surface area contributed by atoms with Crippen molar-refractivity contribution in [3.8, 4) is 5.75 Å². The predicted octanol–water partition coefficient (Wildman–Crippen LogP) is 1.24. The van der Waals surface area contributed by atoms with E-state index in [0.717, 1.165) is 11.4 Å². The Labute approximate surface area is 126 Å². The Morgan fingerprint density at radius 1 is 1.45 bits per heavy atom. The van der Waals surface area contributed by atoms with Gasteiger partial charge in [-0.25, -0.2) is 0 Å². The fraction of sp³-hybridized carbons (Fsp3) is 0.429. The Morgan fingerprint density at radius 2 is 2.23 bits per heavy atom. The largest absolute Gasteiger partial charge is 0.496 e. The van der Waals surface area contributed by atoms with Gasteiger partial charge in [-0.3, -0.25) is 10.1 Å². The zero-order chi connectivity index (χ0) is 15.7. The zero-order valence-corrected chi connectivity index (χ0v) is 12.4.